The lowest BCUT2D eigenvalue weighted by Gasteiger charge is -2.23. The van der Waals surface area contributed by atoms with Crippen molar-refractivity contribution in [3.05, 3.63) is 0 Å². The Bertz CT molecular complexity index is 277. The molecule has 0 rings (SSSR count). The van der Waals surface area contributed by atoms with Crippen molar-refractivity contribution in [2.24, 2.45) is 0 Å². The van der Waals surface area contributed by atoms with E-state index < -0.39 is 11.7 Å². The van der Waals surface area contributed by atoms with Crippen LogP contribution >= 0.6 is 24.4 Å². The summed E-state index contributed by atoms with van der Waals surface area (Å²) in [6.45, 7) is 6.98. The summed E-state index contributed by atoms with van der Waals surface area (Å²) < 4.78 is 5.19. The van der Waals surface area contributed by atoms with E-state index in [1.54, 1.807) is 0 Å². The molecule has 0 fully saturated rings. The number of hydrogen-bond donors (Lipinski definition) is 2. The maximum Gasteiger partial charge on any atom is 0.407 e. The van der Waals surface area contributed by atoms with Crippen molar-refractivity contribution in [1.29, 1.82) is 0 Å². The smallest absolute Gasteiger partial charge is 0.407 e. The summed E-state index contributed by atoms with van der Waals surface area (Å²) in [5, 5.41) is 2.85. The van der Waals surface area contributed by atoms with Gasteiger partial charge in [0.1, 0.15) is 5.60 Å². The van der Waals surface area contributed by atoms with Gasteiger partial charge in [0, 0.05) is 18.7 Å². The van der Waals surface area contributed by atoms with E-state index in [0.717, 1.165) is 18.6 Å². The fourth-order valence-electron chi connectivity index (χ4n) is 1.23. The molecule has 0 aliphatic rings. The molecule has 0 unspecified atom stereocenters. The zero-order chi connectivity index (χ0) is 14.2. The Morgan fingerprint density at radius 2 is 2.00 bits per heavy atom. The fraction of sp³-hybridized carbons (Fsp3) is 0.833. The first-order chi connectivity index (χ1) is 8.24. The third-order valence-electron chi connectivity index (χ3n) is 1.92. The van der Waals surface area contributed by atoms with Crippen molar-refractivity contribution in [1.82, 2.24) is 5.32 Å². The summed E-state index contributed by atoms with van der Waals surface area (Å²) in [6.07, 6.45) is 1.25. The number of ether oxygens (including phenoxy) is 1. The molecule has 0 aromatic carbocycles. The van der Waals surface area contributed by atoms with Crippen LogP contribution in [-0.2, 0) is 9.53 Å². The van der Waals surface area contributed by atoms with Crippen LogP contribution in [0.2, 0.25) is 0 Å². The molecule has 1 N–H and O–H groups in total. The molecule has 6 heteroatoms. The minimum absolute atomic E-state index is 0.0527. The minimum atomic E-state index is -0.508. The third-order valence-corrected chi connectivity index (χ3v) is 3.21. The molecular weight excluding hydrogens is 270 g/mol. The van der Waals surface area contributed by atoms with E-state index in [-0.39, 0.29) is 11.2 Å². The molecule has 0 heterocycles. The van der Waals surface area contributed by atoms with Crippen LogP contribution < -0.4 is 5.32 Å². The zero-order valence-electron chi connectivity index (χ0n) is 11.5. The van der Waals surface area contributed by atoms with Crippen LogP contribution in [0.3, 0.4) is 0 Å². The lowest BCUT2D eigenvalue weighted by molar-refractivity contribution is -0.109. The van der Waals surface area contributed by atoms with Crippen LogP contribution in [0, 0.1) is 0 Å². The van der Waals surface area contributed by atoms with Crippen LogP contribution in [0.25, 0.3) is 0 Å². The summed E-state index contributed by atoms with van der Waals surface area (Å²) in [6, 6.07) is -0.0547. The van der Waals surface area contributed by atoms with Crippen LogP contribution in [0.4, 0.5) is 4.79 Å². The molecule has 1 amide bonds. The molecule has 0 aliphatic carbocycles. The average Bonchev–Trinajstić information content (AvgIpc) is 2.19. The van der Waals surface area contributed by atoms with Gasteiger partial charge < -0.3 is 10.1 Å². The quantitative estimate of drug-likeness (QED) is 0.739. The summed E-state index contributed by atoms with van der Waals surface area (Å²) >= 11 is 5.36. The summed E-state index contributed by atoms with van der Waals surface area (Å²) in [4.78, 5) is 22.6. The van der Waals surface area contributed by atoms with Gasteiger partial charge in [-0.25, -0.2) is 4.79 Å². The van der Waals surface area contributed by atoms with E-state index in [1.807, 2.05) is 20.8 Å². The normalized spacial score (nSPS) is 12.9. The summed E-state index contributed by atoms with van der Waals surface area (Å²) in [5.41, 5.74) is -0.508. The fourth-order valence-corrected chi connectivity index (χ4v) is 2.10. The molecule has 18 heavy (non-hydrogen) atoms. The van der Waals surface area contributed by atoms with Crippen LogP contribution in [0.15, 0.2) is 0 Å². The number of carbonyl (C=O) groups is 2. The Balaban J connectivity index is 4.20. The number of alkyl carbamates (subject to hydrolysis) is 1. The molecule has 1 atom stereocenters. The number of carbonyl (C=O) groups excluding carboxylic acids is 2. The molecule has 0 saturated heterocycles. The Hall–Kier alpha value is -0.360. The summed E-state index contributed by atoms with van der Waals surface area (Å²) in [7, 11) is 0. The molecule has 106 valence electrons. The summed E-state index contributed by atoms with van der Waals surface area (Å²) in [5.74, 6) is 1.33. The first-order valence-corrected chi connectivity index (χ1v) is 7.60. The first-order valence-electron chi connectivity index (χ1n) is 5.98. The maximum absolute atomic E-state index is 11.6. The first kappa shape index (κ1) is 17.6. The molecule has 0 radical (unpaired) electrons. The minimum Gasteiger partial charge on any atom is -0.444 e. The van der Waals surface area contributed by atoms with Gasteiger partial charge in [-0.1, -0.05) is 11.8 Å². The van der Waals surface area contributed by atoms with Gasteiger partial charge in [-0.3, -0.25) is 4.79 Å². The van der Waals surface area contributed by atoms with Crippen molar-refractivity contribution >= 4 is 35.6 Å². The van der Waals surface area contributed by atoms with E-state index in [2.05, 4.69) is 17.9 Å². The van der Waals surface area contributed by atoms with E-state index in [0.29, 0.717) is 5.75 Å². The van der Waals surface area contributed by atoms with Gasteiger partial charge >= 0.3 is 6.09 Å². The Morgan fingerprint density at radius 3 is 2.44 bits per heavy atom. The highest BCUT2D eigenvalue weighted by Gasteiger charge is 2.19. The van der Waals surface area contributed by atoms with Crippen molar-refractivity contribution in [2.75, 3.05) is 11.5 Å². The Kier molecular flexibility index (Phi) is 8.52. The van der Waals surface area contributed by atoms with Gasteiger partial charge in [-0.2, -0.15) is 12.6 Å². The van der Waals surface area contributed by atoms with Crippen molar-refractivity contribution in [3.8, 4) is 0 Å². The van der Waals surface area contributed by atoms with Crippen LogP contribution in [0.5, 0.6) is 0 Å². The largest absolute Gasteiger partial charge is 0.444 e. The van der Waals surface area contributed by atoms with Crippen molar-refractivity contribution in [2.45, 2.75) is 52.2 Å². The van der Waals surface area contributed by atoms with Gasteiger partial charge in [-0.05, 0) is 39.4 Å². The van der Waals surface area contributed by atoms with Gasteiger partial charge in [-0.15, -0.1) is 0 Å². The molecular formula is C12H23NO3S2. The topological polar surface area (TPSA) is 55.4 Å². The Labute approximate surface area is 119 Å². The number of thiol groups is 1. The van der Waals surface area contributed by atoms with E-state index in [4.69, 9.17) is 4.74 Å². The standard InChI is InChI=1S/C12H23NO3S2/c1-9(14)18-8-10(6-5-7-17)13-11(15)16-12(2,3)4/h10,17H,5-8H2,1-4H3,(H,13,15)/t10-/m0/s1. The zero-order valence-corrected chi connectivity index (χ0v) is 13.2. The highest BCUT2D eigenvalue weighted by atomic mass is 32.2. The van der Waals surface area contributed by atoms with Gasteiger partial charge in [0.05, 0.1) is 0 Å². The Morgan fingerprint density at radius 1 is 1.39 bits per heavy atom. The third kappa shape index (κ3) is 10.8. The van der Waals surface area contributed by atoms with E-state index in [1.165, 1.54) is 18.7 Å². The molecule has 0 saturated carbocycles. The highest BCUT2D eigenvalue weighted by molar-refractivity contribution is 8.13. The number of amides is 1. The molecule has 4 nitrogen and oxygen atoms in total. The second kappa shape index (κ2) is 8.69. The average molecular weight is 293 g/mol. The SMILES string of the molecule is CC(=O)SC[C@H](CCCS)NC(=O)OC(C)(C)C. The number of thioether (sulfide) groups is 1. The number of rotatable bonds is 6. The van der Waals surface area contributed by atoms with Gasteiger partial charge in [0.15, 0.2) is 5.12 Å². The van der Waals surface area contributed by atoms with Crippen LogP contribution in [0.1, 0.15) is 40.5 Å². The monoisotopic (exact) mass is 293 g/mol. The van der Waals surface area contributed by atoms with Gasteiger partial charge in [0.25, 0.3) is 0 Å². The molecule has 0 bridgehead atoms. The van der Waals surface area contributed by atoms with E-state index >= 15 is 0 Å². The predicted molar refractivity (Wildman–Crippen MR) is 79.4 cm³/mol. The maximum atomic E-state index is 11.6. The number of hydrogen-bond acceptors (Lipinski definition) is 5. The molecule has 0 spiro atoms. The van der Waals surface area contributed by atoms with Crippen molar-refractivity contribution in [3.63, 3.8) is 0 Å². The van der Waals surface area contributed by atoms with Gasteiger partial charge in [0.2, 0.25) is 0 Å². The number of nitrogens with one attached hydrogen (secondary N) is 1. The second-order valence-electron chi connectivity index (χ2n) is 5.01. The van der Waals surface area contributed by atoms with Crippen LogP contribution in [-0.4, -0.2) is 34.4 Å². The highest BCUT2D eigenvalue weighted by Crippen LogP contribution is 2.11. The second-order valence-corrected chi connectivity index (χ2v) is 6.66. The molecule has 0 aromatic rings. The predicted octanol–water partition coefficient (Wildman–Crippen LogP) is 2.87. The lowest BCUT2D eigenvalue weighted by atomic mass is 10.2. The van der Waals surface area contributed by atoms with E-state index in [9.17, 15) is 9.59 Å². The van der Waals surface area contributed by atoms with Crippen molar-refractivity contribution < 1.29 is 14.3 Å². The molecule has 0 aromatic heterocycles. The molecule has 0 aliphatic heterocycles. The lowest BCUT2D eigenvalue weighted by Crippen LogP contribution is -2.40.